The highest BCUT2D eigenvalue weighted by molar-refractivity contribution is 6.04. The first-order valence-electron chi connectivity index (χ1n) is 6.07. The van der Waals surface area contributed by atoms with Gasteiger partial charge in [-0.3, -0.25) is 4.79 Å². The van der Waals surface area contributed by atoms with E-state index in [0.717, 1.165) is 16.7 Å². The third kappa shape index (κ3) is 3.10. The number of anilines is 2. The molecule has 1 amide bonds. The van der Waals surface area contributed by atoms with Gasteiger partial charge in [0.1, 0.15) is 5.82 Å². The highest BCUT2D eigenvalue weighted by Gasteiger charge is 2.08. The Labute approximate surface area is 112 Å². The molecule has 0 atom stereocenters. The lowest BCUT2D eigenvalue weighted by Gasteiger charge is -2.08. The molecule has 0 aliphatic heterocycles. The number of nitrogen functional groups attached to an aromatic ring is 1. The van der Waals surface area contributed by atoms with E-state index in [1.54, 1.807) is 12.3 Å². The van der Waals surface area contributed by atoms with Crippen molar-refractivity contribution in [1.29, 1.82) is 0 Å². The quantitative estimate of drug-likeness (QED) is 0.867. The molecule has 0 aliphatic carbocycles. The van der Waals surface area contributed by atoms with E-state index in [-0.39, 0.29) is 5.91 Å². The maximum atomic E-state index is 12.1. The van der Waals surface area contributed by atoms with E-state index in [1.807, 2.05) is 39.0 Å². The Morgan fingerprint density at radius 1 is 1.11 bits per heavy atom. The van der Waals surface area contributed by atoms with Crippen molar-refractivity contribution < 1.29 is 4.79 Å². The summed E-state index contributed by atoms with van der Waals surface area (Å²) in [6, 6.07) is 7.50. The second-order valence-corrected chi connectivity index (χ2v) is 4.76. The summed E-state index contributed by atoms with van der Waals surface area (Å²) in [6.45, 7) is 5.81. The molecule has 19 heavy (non-hydrogen) atoms. The zero-order chi connectivity index (χ0) is 14.0. The fourth-order valence-electron chi connectivity index (χ4n) is 1.93. The molecule has 1 aromatic carbocycles. The van der Waals surface area contributed by atoms with Crippen LogP contribution in [0.2, 0.25) is 0 Å². The Bertz CT molecular complexity index is 615. The van der Waals surface area contributed by atoms with Crippen molar-refractivity contribution in [2.75, 3.05) is 11.1 Å². The minimum atomic E-state index is -0.163. The standard InChI is InChI=1S/C15H17N3O/c1-9-4-10(2)6-12(5-9)15(19)18-14-7-11(3)13(16)8-17-14/h4-8H,16H2,1-3H3,(H,17,18,19). The molecule has 0 fully saturated rings. The second kappa shape index (κ2) is 5.10. The molecule has 0 unspecified atom stereocenters. The van der Waals surface area contributed by atoms with Crippen LogP contribution in [0.25, 0.3) is 0 Å². The first-order valence-corrected chi connectivity index (χ1v) is 6.07. The molecule has 2 aromatic rings. The number of nitrogens with zero attached hydrogens (tertiary/aromatic N) is 1. The van der Waals surface area contributed by atoms with Gasteiger partial charge in [-0.25, -0.2) is 4.98 Å². The third-order valence-electron chi connectivity index (χ3n) is 2.88. The zero-order valence-electron chi connectivity index (χ0n) is 11.3. The van der Waals surface area contributed by atoms with Crippen LogP contribution in [0, 0.1) is 20.8 Å². The molecule has 1 aromatic heterocycles. The van der Waals surface area contributed by atoms with Gasteiger partial charge in [0.25, 0.3) is 5.91 Å². The molecule has 1 heterocycles. The average Bonchev–Trinajstić information content (AvgIpc) is 2.32. The molecular formula is C15H17N3O. The van der Waals surface area contributed by atoms with Crippen LogP contribution in [0.1, 0.15) is 27.0 Å². The van der Waals surface area contributed by atoms with E-state index in [4.69, 9.17) is 5.73 Å². The number of pyridine rings is 1. The summed E-state index contributed by atoms with van der Waals surface area (Å²) in [6.07, 6.45) is 1.55. The fraction of sp³-hybridized carbons (Fsp3) is 0.200. The normalized spacial score (nSPS) is 10.3. The minimum absolute atomic E-state index is 0.163. The van der Waals surface area contributed by atoms with Gasteiger partial charge in [-0.15, -0.1) is 0 Å². The summed E-state index contributed by atoms with van der Waals surface area (Å²) >= 11 is 0. The number of benzene rings is 1. The van der Waals surface area contributed by atoms with Gasteiger partial charge in [0, 0.05) is 5.56 Å². The number of hydrogen-bond acceptors (Lipinski definition) is 3. The van der Waals surface area contributed by atoms with Crippen molar-refractivity contribution in [2.24, 2.45) is 0 Å². The van der Waals surface area contributed by atoms with E-state index in [0.29, 0.717) is 17.1 Å². The van der Waals surface area contributed by atoms with E-state index in [1.165, 1.54) is 0 Å². The van der Waals surface area contributed by atoms with Crippen molar-refractivity contribution in [3.8, 4) is 0 Å². The smallest absolute Gasteiger partial charge is 0.256 e. The number of aryl methyl sites for hydroxylation is 3. The van der Waals surface area contributed by atoms with E-state index in [2.05, 4.69) is 10.3 Å². The molecule has 0 spiro atoms. The molecule has 4 nitrogen and oxygen atoms in total. The predicted octanol–water partition coefficient (Wildman–Crippen LogP) is 2.84. The minimum Gasteiger partial charge on any atom is -0.397 e. The summed E-state index contributed by atoms with van der Waals surface area (Å²) in [5, 5.41) is 2.78. The molecule has 0 bridgehead atoms. The maximum absolute atomic E-state index is 12.1. The summed E-state index contributed by atoms with van der Waals surface area (Å²) in [5.74, 6) is 0.347. The molecule has 98 valence electrons. The summed E-state index contributed by atoms with van der Waals surface area (Å²) in [7, 11) is 0. The van der Waals surface area contributed by atoms with Gasteiger partial charge in [-0.05, 0) is 44.5 Å². The number of hydrogen-bond donors (Lipinski definition) is 2. The van der Waals surface area contributed by atoms with Crippen LogP contribution in [0.5, 0.6) is 0 Å². The van der Waals surface area contributed by atoms with Gasteiger partial charge in [-0.1, -0.05) is 17.2 Å². The van der Waals surface area contributed by atoms with Gasteiger partial charge in [0.05, 0.1) is 11.9 Å². The highest BCUT2D eigenvalue weighted by atomic mass is 16.1. The first-order chi connectivity index (χ1) is 8.95. The lowest BCUT2D eigenvalue weighted by Crippen LogP contribution is -2.13. The Morgan fingerprint density at radius 2 is 1.74 bits per heavy atom. The molecule has 0 radical (unpaired) electrons. The SMILES string of the molecule is Cc1cc(C)cc(C(=O)Nc2cc(C)c(N)cn2)c1. The monoisotopic (exact) mass is 255 g/mol. The van der Waals surface area contributed by atoms with E-state index < -0.39 is 0 Å². The second-order valence-electron chi connectivity index (χ2n) is 4.76. The van der Waals surface area contributed by atoms with Crippen molar-refractivity contribution >= 4 is 17.4 Å². The van der Waals surface area contributed by atoms with E-state index in [9.17, 15) is 4.79 Å². The molecule has 4 heteroatoms. The number of amides is 1. The Hall–Kier alpha value is -2.36. The van der Waals surface area contributed by atoms with E-state index >= 15 is 0 Å². The van der Waals surface area contributed by atoms with Crippen molar-refractivity contribution in [3.05, 3.63) is 52.7 Å². The van der Waals surface area contributed by atoms with Gasteiger partial charge in [0.2, 0.25) is 0 Å². The summed E-state index contributed by atoms with van der Waals surface area (Å²) in [5.41, 5.74) is 9.96. The van der Waals surface area contributed by atoms with Crippen molar-refractivity contribution in [3.63, 3.8) is 0 Å². The van der Waals surface area contributed by atoms with Crippen molar-refractivity contribution in [2.45, 2.75) is 20.8 Å². The molecular weight excluding hydrogens is 238 g/mol. The molecule has 0 saturated carbocycles. The van der Waals surface area contributed by atoms with Crippen molar-refractivity contribution in [1.82, 2.24) is 4.98 Å². The first kappa shape index (κ1) is 13.1. The Balaban J connectivity index is 2.22. The predicted molar refractivity (Wildman–Crippen MR) is 77.3 cm³/mol. The summed E-state index contributed by atoms with van der Waals surface area (Å²) in [4.78, 5) is 16.2. The number of nitrogens with two attached hydrogens (primary N) is 1. The van der Waals surface area contributed by atoms with Crippen LogP contribution in [-0.2, 0) is 0 Å². The fourth-order valence-corrected chi connectivity index (χ4v) is 1.93. The molecule has 2 rings (SSSR count). The third-order valence-corrected chi connectivity index (χ3v) is 2.88. The van der Waals surface area contributed by atoms with Gasteiger partial charge < -0.3 is 11.1 Å². The lowest BCUT2D eigenvalue weighted by molar-refractivity contribution is 0.102. The van der Waals surface area contributed by atoms with Gasteiger partial charge in [0.15, 0.2) is 0 Å². The van der Waals surface area contributed by atoms with Crippen LogP contribution >= 0.6 is 0 Å². The van der Waals surface area contributed by atoms with Gasteiger partial charge >= 0.3 is 0 Å². The Morgan fingerprint density at radius 3 is 2.32 bits per heavy atom. The van der Waals surface area contributed by atoms with Crippen LogP contribution in [0.4, 0.5) is 11.5 Å². The number of carbonyl (C=O) groups is 1. The number of nitrogens with one attached hydrogen (secondary N) is 1. The van der Waals surface area contributed by atoms with Gasteiger partial charge in [-0.2, -0.15) is 0 Å². The topological polar surface area (TPSA) is 68.0 Å². The van der Waals surface area contributed by atoms with Crippen LogP contribution in [-0.4, -0.2) is 10.9 Å². The number of rotatable bonds is 2. The Kier molecular flexibility index (Phi) is 3.51. The molecule has 0 aliphatic rings. The molecule has 0 saturated heterocycles. The largest absolute Gasteiger partial charge is 0.397 e. The number of carbonyl (C=O) groups excluding carboxylic acids is 1. The lowest BCUT2D eigenvalue weighted by atomic mass is 10.1. The van der Waals surface area contributed by atoms with Crippen LogP contribution in [0.15, 0.2) is 30.5 Å². The average molecular weight is 255 g/mol. The zero-order valence-corrected chi connectivity index (χ0v) is 11.3. The molecule has 3 N–H and O–H groups in total. The van der Waals surface area contributed by atoms with Crippen LogP contribution in [0.3, 0.4) is 0 Å². The maximum Gasteiger partial charge on any atom is 0.256 e. The summed E-state index contributed by atoms with van der Waals surface area (Å²) < 4.78 is 0. The number of aromatic nitrogens is 1. The highest BCUT2D eigenvalue weighted by Crippen LogP contribution is 2.15. The van der Waals surface area contributed by atoms with Crippen LogP contribution < -0.4 is 11.1 Å².